The fraction of sp³-hybridized carbons (Fsp3) is 0.846. The Morgan fingerprint density at radius 3 is 2.57 bits per heavy atom. The lowest BCUT2D eigenvalue weighted by molar-refractivity contribution is 0.0673. The van der Waals surface area contributed by atoms with Crippen molar-refractivity contribution in [2.45, 2.75) is 58.0 Å². The molecule has 0 saturated heterocycles. The third-order valence-electron chi connectivity index (χ3n) is 3.51. The molecule has 1 saturated carbocycles. The van der Waals surface area contributed by atoms with E-state index in [9.17, 15) is 5.11 Å². The van der Waals surface area contributed by atoms with E-state index < -0.39 is 0 Å². The molecule has 1 nitrogen and oxygen atoms in total. The summed E-state index contributed by atoms with van der Waals surface area (Å²) in [5.41, 5.74) is 0. The SMILES string of the molecule is C=CCCCC(O)C1CCC(C)CC1. The molecule has 1 N–H and O–H groups in total. The second-order valence-electron chi connectivity index (χ2n) is 4.81. The van der Waals surface area contributed by atoms with E-state index >= 15 is 0 Å². The number of hydrogen-bond donors (Lipinski definition) is 1. The first-order chi connectivity index (χ1) is 6.74. The fourth-order valence-electron chi connectivity index (χ4n) is 2.38. The Bertz CT molecular complexity index is 157. The summed E-state index contributed by atoms with van der Waals surface area (Å²) in [6.45, 7) is 6.02. The van der Waals surface area contributed by atoms with Gasteiger partial charge < -0.3 is 5.11 Å². The molecule has 0 aromatic heterocycles. The van der Waals surface area contributed by atoms with E-state index in [0.29, 0.717) is 5.92 Å². The van der Waals surface area contributed by atoms with Gasteiger partial charge in [0.1, 0.15) is 0 Å². The predicted octanol–water partition coefficient (Wildman–Crippen LogP) is 3.53. The number of aliphatic hydroxyl groups excluding tert-OH is 1. The number of unbranched alkanes of at least 4 members (excludes halogenated alkanes) is 1. The molecule has 0 bridgehead atoms. The van der Waals surface area contributed by atoms with Gasteiger partial charge in [-0.2, -0.15) is 0 Å². The molecule has 14 heavy (non-hydrogen) atoms. The van der Waals surface area contributed by atoms with Gasteiger partial charge in [0.15, 0.2) is 0 Å². The highest BCUT2D eigenvalue weighted by molar-refractivity contribution is 4.77. The molecule has 82 valence electrons. The summed E-state index contributed by atoms with van der Waals surface area (Å²) in [5.74, 6) is 1.46. The maximum absolute atomic E-state index is 9.95. The van der Waals surface area contributed by atoms with Gasteiger partial charge in [0, 0.05) is 0 Å². The highest BCUT2D eigenvalue weighted by atomic mass is 16.3. The zero-order valence-electron chi connectivity index (χ0n) is 9.41. The number of hydrogen-bond acceptors (Lipinski definition) is 1. The third kappa shape index (κ3) is 3.83. The normalized spacial score (nSPS) is 29.9. The Morgan fingerprint density at radius 1 is 1.36 bits per heavy atom. The van der Waals surface area contributed by atoms with Gasteiger partial charge in [-0.15, -0.1) is 6.58 Å². The first-order valence-corrected chi connectivity index (χ1v) is 6.03. The summed E-state index contributed by atoms with van der Waals surface area (Å²) >= 11 is 0. The molecular weight excluding hydrogens is 172 g/mol. The molecule has 1 fully saturated rings. The van der Waals surface area contributed by atoms with E-state index in [0.717, 1.165) is 25.2 Å². The molecule has 1 unspecified atom stereocenters. The van der Waals surface area contributed by atoms with Gasteiger partial charge in [-0.05, 0) is 43.9 Å². The minimum Gasteiger partial charge on any atom is -0.393 e. The van der Waals surface area contributed by atoms with Gasteiger partial charge in [0.05, 0.1) is 6.10 Å². The Hall–Kier alpha value is -0.300. The summed E-state index contributed by atoms with van der Waals surface area (Å²) in [5, 5.41) is 9.95. The van der Waals surface area contributed by atoms with Crippen molar-refractivity contribution < 1.29 is 5.11 Å². The molecule has 1 aliphatic carbocycles. The van der Waals surface area contributed by atoms with Crippen LogP contribution >= 0.6 is 0 Å². The van der Waals surface area contributed by atoms with Gasteiger partial charge in [-0.25, -0.2) is 0 Å². The van der Waals surface area contributed by atoms with Crippen molar-refractivity contribution >= 4 is 0 Å². The lowest BCUT2D eigenvalue weighted by Crippen LogP contribution is -2.24. The minimum absolute atomic E-state index is 0.0533. The first kappa shape index (κ1) is 11.8. The van der Waals surface area contributed by atoms with Crippen molar-refractivity contribution in [1.82, 2.24) is 0 Å². The molecule has 0 aromatic rings. The Labute approximate surface area is 88.2 Å². The molecule has 0 aliphatic heterocycles. The summed E-state index contributed by atoms with van der Waals surface area (Å²) in [6.07, 6.45) is 10.1. The van der Waals surface area contributed by atoms with Crippen molar-refractivity contribution in [3.05, 3.63) is 12.7 Å². The monoisotopic (exact) mass is 196 g/mol. The molecule has 1 rings (SSSR count). The number of allylic oxidation sites excluding steroid dienone is 1. The van der Waals surface area contributed by atoms with E-state index in [1.165, 1.54) is 25.7 Å². The topological polar surface area (TPSA) is 20.2 Å². The highest BCUT2D eigenvalue weighted by Crippen LogP contribution is 2.31. The van der Waals surface area contributed by atoms with Crippen LogP contribution in [0, 0.1) is 11.8 Å². The summed E-state index contributed by atoms with van der Waals surface area (Å²) in [7, 11) is 0. The van der Waals surface area contributed by atoms with Gasteiger partial charge >= 0.3 is 0 Å². The molecule has 0 spiro atoms. The maximum atomic E-state index is 9.95. The summed E-state index contributed by atoms with van der Waals surface area (Å²) in [6, 6.07) is 0. The quantitative estimate of drug-likeness (QED) is 0.527. The fourth-order valence-corrected chi connectivity index (χ4v) is 2.38. The van der Waals surface area contributed by atoms with E-state index in [4.69, 9.17) is 0 Å². The number of rotatable bonds is 5. The zero-order chi connectivity index (χ0) is 10.4. The maximum Gasteiger partial charge on any atom is 0.0568 e. The minimum atomic E-state index is -0.0533. The Kier molecular flexibility index (Phi) is 5.24. The lowest BCUT2D eigenvalue weighted by atomic mass is 9.79. The van der Waals surface area contributed by atoms with Crippen molar-refractivity contribution in [1.29, 1.82) is 0 Å². The second-order valence-corrected chi connectivity index (χ2v) is 4.81. The Morgan fingerprint density at radius 2 is 2.00 bits per heavy atom. The smallest absolute Gasteiger partial charge is 0.0568 e. The van der Waals surface area contributed by atoms with E-state index in [1.54, 1.807) is 0 Å². The molecule has 1 heteroatoms. The first-order valence-electron chi connectivity index (χ1n) is 6.03. The van der Waals surface area contributed by atoms with Crippen LogP contribution < -0.4 is 0 Å². The summed E-state index contributed by atoms with van der Waals surface area (Å²) in [4.78, 5) is 0. The van der Waals surface area contributed by atoms with Crippen LogP contribution in [0.2, 0.25) is 0 Å². The molecular formula is C13H24O. The zero-order valence-corrected chi connectivity index (χ0v) is 9.41. The van der Waals surface area contributed by atoms with E-state index in [2.05, 4.69) is 13.5 Å². The van der Waals surface area contributed by atoms with E-state index in [1.807, 2.05) is 6.08 Å². The van der Waals surface area contributed by atoms with Gasteiger partial charge in [-0.1, -0.05) is 25.8 Å². The van der Waals surface area contributed by atoms with Gasteiger partial charge in [0.2, 0.25) is 0 Å². The van der Waals surface area contributed by atoms with E-state index in [-0.39, 0.29) is 6.10 Å². The molecule has 1 aliphatic rings. The van der Waals surface area contributed by atoms with Crippen LogP contribution in [0.1, 0.15) is 51.9 Å². The van der Waals surface area contributed by atoms with Crippen LogP contribution in [0.5, 0.6) is 0 Å². The molecule has 1 atom stereocenters. The molecule has 0 aromatic carbocycles. The average molecular weight is 196 g/mol. The third-order valence-corrected chi connectivity index (χ3v) is 3.51. The van der Waals surface area contributed by atoms with Crippen LogP contribution in [0.4, 0.5) is 0 Å². The summed E-state index contributed by atoms with van der Waals surface area (Å²) < 4.78 is 0. The van der Waals surface area contributed by atoms with Crippen molar-refractivity contribution in [3.63, 3.8) is 0 Å². The molecule has 0 amide bonds. The van der Waals surface area contributed by atoms with Crippen LogP contribution in [0.15, 0.2) is 12.7 Å². The second kappa shape index (κ2) is 6.23. The standard InChI is InChI=1S/C13H24O/c1-3-4-5-6-13(14)12-9-7-11(2)8-10-12/h3,11-14H,1,4-10H2,2H3. The highest BCUT2D eigenvalue weighted by Gasteiger charge is 2.23. The van der Waals surface area contributed by atoms with Crippen LogP contribution in [-0.2, 0) is 0 Å². The average Bonchev–Trinajstić information content (AvgIpc) is 2.19. The van der Waals surface area contributed by atoms with Crippen molar-refractivity contribution in [2.24, 2.45) is 11.8 Å². The van der Waals surface area contributed by atoms with Crippen LogP contribution in [-0.4, -0.2) is 11.2 Å². The predicted molar refractivity (Wildman–Crippen MR) is 61.2 cm³/mol. The van der Waals surface area contributed by atoms with Crippen LogP contribution in [0.25, 0.3) is 0 Å². The number of aliphatic hydroxyl groups is 1. The van der Waals surface area contributed by atoms with Crippen molar-refractivity contribution in [2.75, 3.05) is 0 Å². The largest absolute Gasteiger partial charge is 0.393 e. The lowest BCUT2D eigenvalue weighted by Gasteiger charge is -2.29. The van der Waals surface area contributed by atoms with Crippen LogP contribution in [0.3, 0.4) is 0 Å². The van der Waals surface area contributed by atoms with Gasteiger partial charge in [-0.3, -0.25) is 0 Å². The van der Waals surface area contributed by atoms with Gasteiger partial charge in [0.25, 0.3) is 0 Å². The van der Waals surface area contributed by atoms with Crippen molar-refractivity contribution in [3.8, 4) is 0 Å². The molecule has 0 heterocycles. The Balaban J connectivity index is 2.16. The molecule has 0 radical (unpaired) electrons.